The summed E-state index contributed by atoms with van der Waals surface area (Å²) in [6.45, 7) is 9.88. The minimum Gasteiger partial charge on any atom is -0.459 e. The molecule has 0 amide bonds. The van der Waals surface area contributed by atoms with Crippen LogP contribution in [0.4, 0.5) is 0 Å². The van der Waals surface area contributed by atoms with Gasteiger partial charge in [0.2, 0.25) is 9.84 Å². The van der Waals surface area contributed by atoms with Crippen LogP contribution >= 0.6 is 0 Å². The molecule has 0 fully saturated rings. The molecule has 3 atom stereocenters. The Morgan fingerprint density at radius 2 is 1.14 bits per heavy atom. The lowest BCUT2D eigenvalue weighted by Crippen LogP contribution is -2.45. The van der Waals surface area contributed by atoms with E-state index in [2.05, 4.69) is 4.85 Å². The van der Waals surface area contributed by atoms with E-state index < -0.39 is 39.1 Å². The zero-order valence-corrected chi connectivity index (χ0v) is 29.0. The predicted molar refractivity (Wildman–Crippen MR) is 195 cm³/mol. The van der Waals surface area contributed by atoms with Crippen molar-refractivity contribution in [1.82, 2.24) is 0 Å². The minimum atomic E-state index is -4.24. The number of hydrogen-bond donors (Lipinski definition) is 0. The molecular weight excluding hydrogens is 663 g/mol. The SMILES string of the molecule is [C-]#[N+]/C(=C\[C@H](OCc1ccccc1)[C@H](OCc1ccccc1)[C@H](COC(=O)c1ccccc1)OCc1ccccc1)S(=O)(=O)c1ccc(C)cc1. The van der Waals surface area contributed by atoms with Gasteiger partial charge in [0, 0.05) is 0 Å². The molecule has 51 heavy (non-hydrogen) atoms. The Labute approximate surface area is 299 Å². The second-order valence-corrected chi connectivity index (χ2v) is 13.7. The molecule has 5 rings (SSSR count). The van der Waals surface area contributed by atoms with Crippen LogP contribution in [-0.2, 0) is 48.6 Å². The Morgan fingerprint density at radius 1 is 0.667 bits per heavy atom. The van der Waals surface area contributed by atoms with Crippen LogP contribution < -0.4 is 0 Å². The molecule has 0 spiro atoms. The summed E-state index contributed by atoms with van der Waals surface area (Å²) in [7, 11) is -4.24. The minimum absolute atomic E-state index is 0.0208. The molecule has 0 aliphatic carbocycles. The van der Waals surface area contributed by atoms with Crippen LogP contribution in [0, 0.1) is 13.5 Å². The maximum Gasteiger partial charge on any atom is 0.338 e. The quantitative estimate of drug-likeness (QED) is 0.0714. The van der Waals surface area contributed by atoms with Crippen LogP contribution in [0.25, 0.3) is 4.85 Å². The smallest absolute Gasteiger partial charge is 0.338 e. The summed E-state index contributed by atoms with van der Waals surface area (Å²) in [5, 5.41) is -0.527. The number of rotatable bonds is 17. The van der Waals surface area contributed by atoms with Crippen molar-refractivity contribution in [2.24, 2.45) is 0 Å². The Bertz CT molecular complexity index is 2000. The van der Waals surface area contributed by atoms with Gasteiger partial charge in [-0.05, 0) is 54.0 Å². The molecule has 0 aromatic heterocycles. The maximum atomic E-state index is 13.9. The summed E-state index contributed by atoms with van der Waals surface area (Å²) in [6, 6.07) is 43.2. The molecule has 0 radical (unpaired) electrons. The van der Waals surface area contributed by atoms with Gasteiger partial charge < -0.3 is 18.9 Å². The van der Waals surface area contributed by atoms with Crippen molar-refractivity contribution in [1.29, 1.82) is 0 Å². The summed E-state index contributed by atoms with van der Waals surface area (Å²) in [4.78, 5) is 16.6. The lowest BCUT2D eigenvalue weighted by Gasteiger charge is -2.32. The molecule has 8 nitrogen and oxygen atoms in total. The fraction of sp³-hybridized carbons (Fsp3) is 0.190. The van der Waals surface area contributed by atoms with E-state index in [0.29, 0.717) is 5.56 Å². The molecule has 0 aliphatic heterocycles. The number of ether oxygens (including phenoxy) is 4. The second-order valence-electron chi connectivity index (χ2n) is 11.8. The van der Waals surface area contributed by atoms with Crippen molar-refractivity contribution in [2.75, 3.05) is 6.61 Å². The number of esters is 1. The summed E-state index contributed by atoms with van der Waals surface area (Å²) < 4.78 is 53.0. The van der Waals surface area contributed by atoms with Gasteiger partial charge in [0.05, 0.1) is 43.0 Å². The molecule has 0 unspecified atom stereocenters. The van der Waals surface area contributed by atoms with Crippen LogP contribution in [-0.4, -0.2) is 39.3 Å². The van der Waals surface area contributed by atoms with Crippen molar-refractivity contribution in [3.8, 4) is 0 Å². The van der Waals surface area contributed by atoms with Crippen molar-refractivity contribution in [3.05, 3.63) is 196 Å². The Morgan fingerprint density at radius 3 is 1.65 bits per heavy atom. The summed E-state index contributed by atoms with van der Waals surface area (Å²) in [6.07, 6.45) is -1.88. The monoisotopic (exact) mass is 701 g/mol. The molecule has 0 aliphatic rings. The third kappa shape index (κ3) is 10.8. The molecule has 260 valence electrons. The molecule has 5 aromatic rings. The van der Waals surface area contributed by atoms with Crippen molar-refractivity contribution < 1.29 is 32.2 Å². The first-order valence-corrected chi connectivity index (χ1v) is 17.9. The van der Waals surface area contributed by atoms with Gasteiger partial charge in [-0.25, -0.2) is 18.1 Å². The number of aryl methyl sites for hydroxylation is 1. The average Bonchev–Trinajstić information content (AvgIpc) is 3.17. The standard InChI is InChI=1S/C42H39NO7S/c1-32-23-25-37(26-24-32)51(45,46)40(43-2)27-38(47-28-33-15-7-3-8-16-33)41(49-30-35-19-11-5-12-20-35)39(48-29-34-17-9-4-10-18-34)31-50-42(44)36-21-13-6-14-22-36/h3-27,38-39,41H,28-31H2,1H3/b40-27+/t38-,39-,41-/m0/s1. The second kappa shape index (κ2) is 18.6. The van der Waals surface area contributed by atoms with E-state index in [1.807, 2.05) is 97.9 Å². The lowest BCUT2D eigenvalue weighted by atomic mass is 10.1. The Balaban J connectivity index is 1.57. The number of hydrogen-bond acceptors (Lipinski definition) is 7. The number of carbonyl (C=O) groups is 1. The van der Waals surface area contributed by atoms with E-state index in [4.69, 9.17) is 25.5 Å². The third-order valence-corrected chi connectivity index (χ3v) is 9.65. The highest BCUT2D eigenvalue weighted by molar-refractivity contribution is 7.95. The summed E-state index contributed by atoms with van der Waals surface area (Å²) in [5.41, 5.74) is 3.76. The average molecular weight is 702 g/mol. The van der Waals surface area contributed by atoms with Crippen LogP contribution in [0.5, 0.6) is 0 Å². The topological polar surface area (TPSA) is 92.5 Å². The molecule has 9 heteroatoms. The molecule has 5 aromatic carbocycles. The molecule has 0 bridgehead atoms. The maximum absolute atomic E-state index is 13.9. The zero-order valence-electron chi connectivity index (χ0n) is 28.2. The van der Waals surface area contributed by atoms with Gasteiger partial charge in [0.1, 0.15) is 18.8 Å². The molecule has 0 heterocycles. The fourth-order valence-corrected chi connectivity index (χ4v) is 6.35. The van der Waals surface area contributed by atoms with Crippen LogP contribution in [0.1, 0.15) is 32.6 Å². The van der Waals surface area contributed by atoms with Crippen LogP contribution in [0.2, 0.25) is 0 Å². The summed E-state index contributed by atoms with van der Waals surface area (Å²) >= 11 is 0. The summed E-state index contributed by atoms with van der Waals surface area (Å²) in [5.74, 6) is -0.563. The van der Waals surface area contributed by atoms with E-state index in [1.54, 1.807) is 42.5 Å². The van der Waals surface area contributed by atoms with Crippen molar-refractivity contribution >= 4 is 15.8 Å². The Hall–Kier alpha value is -5.37. The fourth-order valence-electron chi connectivity index (χ4n) is 5.18. The highest BCUT2D eigenvalue weighted by Gasteiger charge is 2.35. The van der Waals surface area contributed by atoms with Gasteiger partial charge in [0.25, 0.3) is 5.03 Å². The van der Waals surface area contributed by atoms with Gasteiger partial charge in [-0.3, -0.25) is 0 Å². The molecule has 0 N–H and O–H groups in total. The lowest BCUT2D eigenvalue weighted by molar-refractivity contribution is -0.150. The number of sulfone groups is 1. The first-order chi connectivity index (χ1) is 24.8. The van der Waals surface area contributed by atoms with Gasteiger partial charge >= 0.3 is 5.97 Å². The molecular formula is C42H39NO7S. The van der Waals surface area contributed by atoms with Gasteiger partial charge in [0.15, 0.2) is 0 Å². The third-order valence-electron chi connectivity index (χ3n) is 7.98. The molecule has 0 saturated carbocycles. The van der Waals surface area contributed by atoms with E-state index in [0.717, 1.165) is 22.3 Å². The van der Waals surface area contributed by atoms with E-state index in [9.17, 15) is 13.2 Å². The van der Waals surface area contributed by atoms with E-state index >= 15 is 0 Å². The highest BCUT2D eigenvalue weighted by atomic mass is 32.2. The number of benzene rings is 5. The van der Waals surface area contributed by atoms with Crippen molar-refractivity contribution in [3.63, 3.8) is 0 Å². The first kappa shape index (κ1) is 36.9. The first-order valence-electron chi connectivity index (χ1n) is 16.4. The van der Waals surface area contributed by atoms with E-state index in [-0.39, 0.29) is 31.3 Å². The zero-order chi connectivity index (χ0) is 35.9. The molecule has 0 saturated heterocycles. The number of carbonyl (C=O) groups excluding carboxylic acids is 1. The van der Waals surface area contributed by atoms with Gasteiger partial charge in [-0.15, -0.1) is 0 Å². The number of nitrogens with zero attached hydrogens (tertiary/aromatic N) is 1. The Kier molecular flexibility index (Phi) is 13.4. The van der Waals surface area contributed by atoms with Gasteiger partial charge in [-0.1, -0.05) is 127 Å². The largest absolute Gasteiger partial charge is 0.459 e. The van der Waals surface area contributed by atoms with E-state index in [1.165, 1.54) is 18.2 Å². The normalized spacial score (nSPS) is 13.5. The predicted octanol–water partition coefficient (Wildman–Crippen LogP) is 8.14. The van der Waals surface area contributed by atoms with Crippen LogP contribution in [0.15, 0.2) is 162 Å². The van der Waals surface area contributed by atoms with Gasteiger partial charge in [-0.2, -0.15) is 0 Å². The van der Waals surface area contributed by atoms with Crippen LogP contribution in [0.3, 0.4) is 0 Å². The highest BCUT2D eigenvalue weighted by Crippen LogP contribution is 2.26. The van der Waals surface area contributed by atoms with Crippen molar-refractivity contribution in [2.45, 2.75) is 50.0 Å².